The van der Waals surface area contributed by atoms with Crippen molar-refractivity contribution in [1.29, 1.82) is 0 Å². The molecule has 0 aliphatic rings. The van der Waals surface area contributed by atoms with Crippen molar-refractivity contribution in [1.82, 2.24) is 9.38 Å². The molecule has 0 fully saturated rings. The number of aromatic nitrogens is 2. The van der Waals surface area contributed by atoms with Gasteiger partial charge in [-0.1, -0.05) is 6.07 Å². The molecule has 0 radical (unpaired) electrons. The van der Waals surface area contributed by atoms with Crippen molar-refractivity contribution < 1.29 is 22.3 Å². The van der Waals surface area contributed by atoms with E-state index in [4.69, 9.17) is 4.74 Å². The van der Waals surface area contributed by atoms with Gasteiger partial charge in [0, 0.05) is 24.5 Å². The number of pyridine rings is 1. The van der Waals surface area contributed by atoms with Crippen LogP contribution < -0.4 is 4.74 Å². The van der Waals surface area contributed by atoms with E-state index < -0.39 is 17.6 Å². The molecular weight excluding hydrogens is 300 g/mol. The monoisotopic (exact) mass is 310 g/mol. The van der Waals surface area contributed by atoms with Crippen molar-refractivity contribution in [3.63, 3.8) is 0 Å². The third-order valence-corrected chi connectivity index (χ3v) is 3.16. The molecule has 0 aliphatic heterocycles. The molecule has 0 amide bonds. The van der Waals surface area contributed by atoms with Gasteiger partial charge in [0.15, 0.2) is 0 Å². The van der Waals surface area contributed by atoms with Crippen molar-refractivity contribution >= 4 is 5.65 Å². The van der Waals surface area contributed by atoms with E-state index in [0.29, 0.717) is 5.56 Å². The molecule has 0 atom stereocenters. The van der Waals surface area contributed by atoms with Crippen molar-refractivity contribution in [2.75, 3.05) is 0 Å². The van der Waals surface area contributed by atoms with E-state index in [9.17, 15) is 17.6 Å². The number of hydrogen-bond donors (Lipinski definition) is 0. The summed E-state index contributed by atoms with van der Waals surface area (Å²) in [6.07, 6.45) is -1.70. The van der Waals surface area contributed by atoms with E-state index >= 15 is 0 Å². The van der Waals surface area contributed by atoms with Crippen LogP contribution in [0.2, 0.25) is 0 Å². The highest BCUT2D eigenvalue weighted by Gasteiger charge is 2.32. The van der Waals surface area contributed by atoms with Gasteiger partial charge in [-0.05, 0) is 24.6 Å². The molecule has 2 heterocycles. The van der Waals surface area contributed by atoms with E-state index in [2.05, 4.69) is 4.98 Å². The maximum Gasteiger partial charge on any atom is 0.416 e. The number of fused-ring (bicyclic) bond motifs is 1. The fraction of sp³-hybridized carbons (Fsp3) is 0.133. The first-order chi connectivity index (χ1) is 10.3. The Morgan fingerprint density at radius 1 is 1.14 bits per heavy atom. The number of hydrogen-bond acceptors (Lipinski definition) is 2. The first kappa shape index (κ1) is 14.4. The average Bonchev–Trinajstić information content (AvgIpc) is 2.90. The lowest BCUT2D eigenvalue weighted by Crippen LogP contribution is -2.07. The Hall–Kier alpha value is -2.57. The van der Waals surface area contributed by atoms with Gasteiger partial charge in [-0.25, -0.2) is 9.37 Å². The van der Waals surface area contributed by atoms with Crippen LogP contribution in [0, 0.1) is 12.7 Å². The number of rotatable bonds is 2. The van der Waals surface area contributed by atoms with E-state index in [-0.39, 0.29) is 17.3 Å². The normalized spacial score (nSPS) is 11.9. The number of ether oxygens (including phenoxy) is 1. The first-order valence-electron chi connectivity index (χ1n) is 6.33. The quantitative estimate of drug-likeness (QED) is 0.647. The Bertz CT molecular complexity index is 839. The molecule has 0 unspecified atom stereocenters. The Balaban J connectivity index is 2.08. The van der Waals surface area contributed by atoms with E-state index in [1.807, 2.05) is 0 Å². The Labute approximate surface area is 122 Å². The summed E-state index contributed by atoms with van der Waals surface area (Å²) in [7, 11) is 0. The Morgan fingerprint density at radius 2 is 1.91 bits per heavy atom. The first-order valence-corrected chi connectivity index (χ1v) is 6.33. The van der Waals surface area contributed by atoms with Gasteiger partial charge in [0.25, 0.3) is 0 Å². The summed E-state index contributed by atoms with van der Waals surface area (Å²) in [5, 5.41) is 0. The lowest BCUT2D eigenvalue weighted by molar-refractivity contribution is -0.137. The summed E-state index contributed by atoms with van der Waals surface area (Å²) >= 11 is 0. The highest BCUT2D eigenvalue weighted by Crippen LogP contribution is 2.34. The summed E-state index contributed by atoms with van der Waals surface area (Å²) in [4.78, 5) is 3.84. The average molecular weight is 310 g/mol. The largest absolute Gasteiger partial charge is 0.440 e. The zero-order valence-corrected chi connectivity index (χ0v) is 11.4. The highest BCUT2D eigenvalue weighted by atomic mass is 19.4. The van der Waals surface area contributed by atoms with Gasteiger partial charge in [0.2, 0.25) is 5.88 Å². The van der Waals surface area contributed by atoms with Gasteiger partial charge < -0.3 is 4.74 Å². The molecule has 1 aromatic carbocycles. The lowest BCUT2D eigenvalue weighted by atomic mass is 10.2. The van der Waals surface area contributed by atoms with Crippen LogP contribution in [0.25, 0.3) is 5.65 Å². The zero-order chi connectivity index (χ0) is 15.9. The molecular formula is C15H10F4N2O. The zero-order valence-electron chi connectivity index (χ0n) is 11.4. The second-order valence-corrected chi connectivity index (χ2v) is 4.75. The van der Waals surface area contributed by atoms with Crippen LogP contribution in [0.1, 0.15) is 11.1 Å². The number of alkyl halides is 3. The van der Waals surface area contributed by atoms with Crippen LogP contribution >= 0.6 is 0 Å². The third-order valence-electron chi connectivity index (χ3n) is 3.16. The highest BCUT2D eigenvalue weighted by molar-refractivity contribution is 5.47. The number of imidazole rings is 1. The van der Waals surface area contributed by atoms with Crippen molar-refractivity contribution in [3.05, 3.63) is 59.7 Å². The topological polar surface area (TPSA) is 26.5 Å². The standard InChI is InChI=1S/C15H10F4N2O/c1-9-2-3-11(8-12(9)16)22-14-7-10(15(17,18)19)6-13-20-4-5-21(13)14/h2-8H,1H3. The van der Waals surface area contributed by atoms with E-state index in [0.717, 1.165) is 18.2 Å². The van der Waals surface area contributed by atoms with Crippen LogP contribution in [0.4, 0.5) is 17.6 Å². The molecule has 0 saturated carbocycles. The number of halogens is 4. The van der Waals surface area contributed by atoms with Gasteiger partial charge in [-0.3, -0.25) is 4.40 Å². The second-order valence-electron chi connectivity index (χ2n) is 4.75. The van der Waals surface area contributed by atoms with Crippen LogP contribution in [-0.4, -0.2) is 9.38 Å². The smallest absolute Gasteiger partial charge is 0.416 e. The van der Waals surface area contributed by atoms with Crippen LogP contribution in [0.5, 0.6) is 11.6 Å². The number of benzene rings is 1. The Kier molecular flexibility index (Phi) is 3.27. The molecule has 0 N–H and O–H groups in total. The fourth-order valence-electron chi connectivity index (χ4n) is 1.99. The van der Waals surface area contributed by atoms with E-state index in [1.54, 1.807) is 6.92 Å². The predicted octanol–water partition coefficient (Wildman–Crippen LogP) is 4.59. The minimum atomic E-state index is -4.52. The number of aryl methyl sites for hydroxylation is 1. The molecule has 0 bridgehead atoms. The molecule has 114 valence electrons. The van der Waals surface area contributed by atoms with Crippen molar-refractivity contribution in [2.24, 2.45) is 0 Å². The summed E-state index contributed by atoms with van der Waals surface area (Å²) in [5.74, 6) is -0.477. The molecule has 3 aromatic rings. The SMILES string of the molecule is Cc1ccc(Oc2cc(C(F)(F)F)cc3nccn23)cc1F. The van der Waals surface area contributed by atoms with Gasteiger partial charge in [0.05, 0.1) is 5.56 Å². The number of nitrogens with zero attached hydrogens (tertiary/aromatic N) is 2. The Morgan fingerprint density at radius 3 is 2.59 bits per heavy atom. The van der Waals surface area contributed by atoms with Crippen LogP contribution in [0.15, 0.2) is 42.7 Å². The fourth-order valence-corrected chi connectivity index (χ4v) is 1.99. The van der Waals surface area contributed by atoms with Gasteiger partial charge in [-0.2, -0.15) is 13.2 Å². The summed E-state index contributed by atoms with van der Waals surface area (Å²) in [6, 6.07) is 5.87. The van der Waals surface area contributed by atoms with Gasteiger partial charge >= 0.3 is 6.18 Å². The molecule has 7 heteroatoms. The minimum absolute atomic E-state index is 0.0921. The second kappa shape index (κ2) is 5.01. The summed E-state index contributed by atoms with van der Waals surface area (Å²) in [5.41, 5.74) is -0.365. The molecule has 0 aliphatic carbocycles. The summed E-state index contributed by atoms with van der Waals surface area (Å²) < 4.78 is 59.0. The molecule has 22 heavy (non-hydrogen) atoms. The third kappa shape index (κ3) is 2.61. The van der Waals surface area contributed by atoms with E-state index in [1.165, 1.54) is 28.9 Å². The molecule has 0 spiro atoms. The molecule has 3 nitrogen and oxygen atoms in total. The molecule has 2 aromatic heterocycles. The predicted molar refractivity (Wildman–Crippen MR) is 71.4 cm³/mol. The van der Waals surface area contributed by atoms with Crippen LogP contribution in [-0.2, 0) is 6.18 Å². The minimum Gasteiger partial charge on any atom is -0.440 e. The van der Waals surface area contributed by atoms with Gasteiger partial charge in [0.1, 0.15) is 17.2 Å². The molecule has 3 rings (SSSR count). The van der Waals surface area contributed by atoms with Gasteiger partial charge in [-0.15, -0.1) is 0 Å². The van der Waals surface area contributed by atoms with Crippen LogP contribution in [0.3, 0.4) is 0 Å². The maximum absolute atomic E-state index is 13.5. The summed E-state index contributed by atoms with van der Waals surface area (Å²) in [6.45, 7) is 1.58. The van der Waals surface area contributed by atoms with Crippen molar-refractivity contribution in [2.45, 2.75) is 13.1 Å². The molecule has 0 saturated heterocycles. The maximum atomic E-state index is 13.5. The lowest BCUT2D eigenvalue weighted by Gasteiger charge is -2.12. The van der Waals surface area contributed by atoms with Crippen molar-refractivity contribution in [3.8, 4) is 11.6 Å².